The fourth-order valence-electron chi connectivity index (χ4n) is 0.790. The Morgan fingerprint density at radius 1 is 1.47 bits per heavy atom. The molecular formula is C8H12N4OS2. The summed E-state index contributed by atoms with van der Waals surface area (Å²) in [5.74, 6) is -0.118. The molecule has 0 aliphatic heterocycles. The van der Waals surface area contributed by atoms with Crippen LogP contribution >= 0.6 is 23.6 Å². The van der Waals surface area contributed by atoms with Crippen molar-refractivity contribution in [1.82, 2.24) is 15.5 Å². The molecule has 1 rings (SSSR count). The van der Waals surface area contributed by atoms with E-state index in [9.17, 15) is 4.79 Å². The van der Waals surface area contributed by atoms with Gasteiger partial charge in [0.25, 0.3) is 0 Å². The second kappa shape index (κ2) is 5.72. The normalized spacial score (nSPS) is 9.73. The minimum atomic E-state index is -0.118. The molecular weight excluding hydrogens is 232 g/mol. The summed E-state index contributed by atoms with van der Waals surface area (Å²) >= 11 is 6.34. The van der Waals surface area contributed by atoms with Crippen molar-refractivity contribution in [3.63, 3.8) is 0 Å². The van der Waals surface area contributed by atoms with Crippen molar-refractivity contribution < 1.29 is 4.79 Å². The molecule has 0 atom stereocenters. The van der Waals surface area contributed by atoms with E-state index in [-0.39, 0.29) is 11.0 Å². The molecule has 0 saturated carbocycles. The highest BCUT2D eigenvalue weighted by atomic mass is 32.1. The summed E-state index contributed by atoms with van der Waals surface area (Å²) in [6.07, 6.45) is 1.24. The van der Waals surface area contributed by atoms with Gasteiger partial charge < -0.3 is 10.6 Å². The Kier molecular flexibility index (Phi) is 4.57. The third kappa shape index (κ3) is 3.88. The number of hydrogen-bond donors (Lipinski definition) is 2. The largest absolute Gasteiger partial charge is 0.307 e. The van der Waals surface area contributed by atoms with Crippen LogP contribution in [-0.4, -0.2) is 21.2 Å². The van der Waals surface area contributed by atoms with E-state index in [4.69, 9.17) is 12.2 Å². The van der Waals surface area contributed by atoms with E-state index in [2.05, 4.69) is 20.8 Å². The number of anilines is 1. The van der Waals surface area contributed by atoms with E-state index >= 15 is 0 Å². The molecule has 0 radical (unpaired) electrons. The quantitative estimate of drug-likeness (QED) is 0.785. The predicted octanol–water partition coefficient (Wildman–Crippen LogP) is 1.32. The predicted molar refractivity (Wildman–Crippen MR) is 63.9 cm³/mol. The Morgan fingerprint density at radius 2 is 2.20 bits per heavy atom. The monoisotopic (exact) mass is 244 g/mol. The fourth-order valence-corrected chi connectivity index (χ4v) is 1.75. The van der Waals surface area contributed by atoms with Crippen molar-refractivity contribution in [3.8, 4) is 0 Å². The lowest BCUT2D eigenvalue weighted by Gasteiger charge is -2.04. The lowest BCUT2D eigenvalue weighted by Crippen LogP contribution is -2.33. The van der Waals surface area contributed by atoms with Crippen LogP contribution in [0.25, 0.3) is 0 Å². The minimum absolute atomic E-state index is 0.118. The topological polar surface area (TPSA) is 66.9 Å². The molecule has 2 N–H and O–H groups in total. The van der Waals surface area contributed by atoms with Crippen molar-refractivity contribution in [1.29, 1.82) is 0 Å². The molecule has 5 nitrogen and oxygen atoms in total. The first-order chi connectivity index (χ1) is 7.15. The van der Waals surface area contributed by atoms with E-state index in [1.54, 1.807) is 6.92 Å². The van der Waals surface area contributed by atoms with E-state index in [1.807, 2.05) is 6.92 Å². The zero-order valence-corrected chi connectivity index (χ0v) is 10.2. The molecule has 0 aromatic carbocycles. The van der Waals surface area contributed by atoms with Crippen molar-refractivity contribution in [2.45, 2.75) is 26.7 Å². The van der Waals surface area contributed by atoms with Crippen molar-refractivity contribution in [2.24, 2.45) is 0 Å². The van der Waals surface area contributed by atoms with Gasteiger partial charge in [-0.25, -0.2) is 0 Å². The Balaban J connectivity index is 2.47. The van der Waals surface area contributed by atoms with Gasteiger partial charge in [-0.2, -0.15) is 0 Å². The second-order valence-electron chi connectivity index (χ2n) is 2.71. The molecule has 0 bridgehead atoms. The molecule has 7 heteroatoms. The molecule has 0 aliphatic rings. The number of carbonyl (C=O) groups is 1. The number of hydrogen-bond acceptors (Lipinski definition) is 5. The molecule has 1 amide bonds. The smallest absolute Gasteiger partial charge is 0.225 e. The standard InChI is InChI=1S/C8H12N4OS2/c1-3-5(13)9-7(14)10-8-12-11-6(4-2)15-8/h3-4H2,1-2H3,(H2,9,10,12,13,14). The lowest BCUT2D eigenvalue weighted by atomic mass is 10.5. The zero-order chi connectivity index (χ0) is 11.3. The molecule has 0 fully saturated rings. The maximum Gasteiger partial charge on any atom is 0.225 e. The fraction of sp³-hybridized carbons (Fsp3) is 0.500. The van der Waals surface area contributed by atoms with E-state index in [1.165, 1.54) is 11.3 Å². The molecule has 1 heterocycles. The molecule has 82 valence electrons. The van der Waals surface area contributed by atoms with Gasteiger partial charge in [-0.05, 0) is 18.6 Å². The molecule has 0 unspecified atom stereocenters. The van der Waals surface area contributed by atoms with Gasteiger partial charge in [-0.3, -0.25) is 4.79 Å². The van der Waals surface area contributed by atoms with Gasteiger partial charge in [0.15, 0.2) is 5.11 Å². The number of carbonyl (C=O) groups excluding carboxylic acids is 1. The first-order valence-corrected chi connectivity index (χ1v) is 5.81. The first kappa shape index (κ1) is 12.0. The van der Waals surface area contributed by atoms with Gasteiger partial charge in [0, 0.05) is 6.42 Å². The van der Waals surface area contributed by atoms with Gasteiger partial charge in [-0.1, -0.05) is 25.2 Å². The number of rotatable bonds is 3. The maximum absolute atomic E-state index is 11.0. The Labute approximate surface area is 97.3 Å². The molecule has 1 aromatic heterocycles. The number of amides is 1. The lowest BCUT2D eigenvalue weighted by molar-refractivity contribution is -0.119. The van der Waals surface area contributed by atoms with Crippen LogP contribution < -0.4 is 10.6 Å². The molecule has 0 spiro atoms. The number of aryl methyl sites for hydroxylation is 1. The average molecular weight is 244 g/mol. The third-order valence-electron chi connectivity index (χ3n) is 1.56. The highest BCUT2D eigenvalue weighted by molar-refractivity contribution is 7.80. The summed E-state index contributed by atoms with van der Waals surface area (Å²) in [7, 11) is 0. The summed E-state index contributed by atoms with van der Waals surface area (Å²) in [6, 6.07) is 0. The van der Waals surface area contributed by atoms with Gasteiger partial charge in [-0.15, -0.1) is 10.2 Å². The van der Waals surface area contributed by atoms with E-state index in [0.717, 1.165) is 11.4 Å². The van der Waals surface area contributed by atoms with Crippen LogP contribution in [0.15, 0.2) is 0 Å². The number of thiocarbonyl (C=S) groups is 1. The highest BCUT2D eigenvalue weighted by Crippen LogP contribution is 2.14. The molecule has 0 aliphatic carbocycles. The summed E-state index contributed by atoms with van der Waals surface area (Å²) in [5, 5.41) is 14.9. The van der Waals surface area contributed by atoms with Crippen molar-refractivity contribution >= 4 is 39.7 Å². The van der Waals surface area contributed by atoms with Crippen LogP contribution in [0.3, 0.4) is 0 Å². The van der Waals surface area contributed by atoms with Gasteiger partial charge in [0.1, 0.15) is 5.01 Å². The van der Waals surface area contributed by atoms with Crippen LogP contribution in [0.1, 0.15) is 25.3 Å². The summed E-state index contributed by atoms with van der Waals surface area (Å²) < 4.78 is 0. The van der Waals surface area contributed by atoms with Gasteiger partial charge in [0.2, 0.25) is 11.0 Å². The molecule has 15 heavy (non-hydrogen) atoms. The van der Waals surface area contributed by atoms with Crippen LogP contribution in [0.2, 0.25) is 0 Å². The Bertz CT molecular complexity index is 363. The van der Waals surface area contributed by atoms with E-state index in [0.29, 0.717) is 11.6 Å². The van der Waals surface area contributed by atoms with Crippen LogP contribution in [0, 0.1) is 0 Å². The van der Waals surface area contributed by atoms with Crippen LogP contribution in [-0.2, 0) is 11.2 Å². The van der Waals surface area contributed by atoms with Crippen LogP contribution in [0.5, 0.6) is 0 Å². The van der Waals surface area contributed by atoms with E-state index < -0.39 is 0 Å². The average Bonchev–Trinajstić information content (AvgIpc) is 2.65. The minimum Gasteiger partial charge on any atom is -0.307 e. The Morgan fingerprint density at radius 3 is 2.73 bits per heavy atom. The third-order valence-corrected chi connectivity index (χ3v) is 2.75. The van der Waals surface area contributed by atoms with Gasteiger partial charge in [0.05, 0.1) is 0 Å². The second-order valence-corrected chi connectivity index (χ2v) is 4.18. The first-order valence-electron chi connectivity index (χ1n) is 4.59. The van der Waals surface area contributed by atoms with Crippen molar-refractivity contribution in [3.05, 3.63) is 5.01 Å². The SMILES string of the molecule is CCC(=O)NC(=S)Nc1nnc(CC)s1. The van der Waals surface area contributed by atoms with Gasteiger partial charge >= 0.3 is 0 Å². The summed E-state index contributed by atoms with van der Waals surface area (Å²) in [5.41, 5.74) is 0. The zero-order valence-electron chi connectivity index (χ0n) is 8.53. The van der Waals surface area contributed by atoms with Crippen molar-refractivity contribution in [2.75, 3.05) is 5.32 Å². The number of aromatic nitrogens is 2. The summed E-state index contributed by atoms with van der Waals surface area (Å²) in [6.45, 7) is 3.76. The number of nitrogens with zero attached hydrogens (tertiary/aromatic N) is 2. The molecule has 0 saturated heterocycles. The Hall–Kier alpha value is -1.08. The number of nitrogens with one attached hydrogen (secondary N) is 2. The molecule has 1 aromatic rings. The maximum atomic E-state index is 11.0. The highest BCUT2D eigenvalue weighted by Gasteiger charge is 2.05. The summed E-state index contributed by atoms with van der Waals surface area (Å²) in [4.78, 5) is 11.0. The van der Waals surface area contributed by atoms with Crippen LogP contribution in [0.4, 0.5) is 5.13 Å².